The molecule has 0 radical (unpaired) electrons. The summed E-state index contributed by atoms with van der Waals surface area (Å²) in [5.74, 6) is 1.38. The monoisotopic (exact) mass is 904 g/mol. The molecule has 4 heterocycles. The van der Waals surface area contributed by atoms with Crippen molar-refractivity contribution in [1.82, 2.24) is 29.9 Å². The first-order valence-corrected chi connectivity index (χ1v) is 22.1. The summed E-state index contributed by atoms with van der Waals surface area (Å²) in [7, 11) is -9.67. The molecule has 20 nitrogen and oxygen atoms in total. The maximum absolute atomic E-state index is 12.7. The number of aromatic nitrogens is 6. The Labute approximate surface area is 385 Å². The number of ether oxygens (including phenoxy) is 2. The number of nitrogens with one attached hydrogen (secondary N) is 4. The number of benzene rings is 4. The van der Waals surface area contributed by atoms with Crippen LogP contribution in [0, 0.1) is 0 Å². The molecule has 63 heavy (non-hydrogen) atoms. The van der Waals surface area contributed by atoms with Crippen molar-refractivity contribution < 1.29 is 35.4 Å². The third-order valence-electron chi connectivity index (χ3n) is 9.43. The van der Waals surface area contributed by atoms with E-state index in [1.165, 1.54) is 48.6 Å². The number of hydrogen-bond acceptors (Lipinski definition) is 18. The molecule has 6 N–H and O–H groups in total. The average molecular weight is 905 g/mol. The molecule has 0 unspecified atom stereocenters. The van der Waals surface area contributed by atoms with Crippen molar-refractivity contribution in [3.8, 4) is 0 Å². The van der Waals surface area contributed by atoms with Crippen LogP contribution in [-0.2, 0) is 29.7 Å². The zero-order valence-corrected chi connectivity index (χ0v) is 34.4. The predicted octanol–water partition coefficient (Wildman–Crippen LogP) is 4.72. The molecule has 4 aromatic carbocycles. The van der Waals surface area contributed by atoms with Gasteiger partial charge in [0.1, 0.15) is 9.79 Å². The topological polar surface area (TPSA) is 259 Å². The van der Waals surface area contributed by atoms with E-state index in [4.69, 9.17) is 9.47 Å². The third-order valence-corrected chi connectivity index (χ3v) is 11.3. The standard InChI is InChI=1S/C40H40N12O8S2.Na.H/c53-61(54,55)33-25-31(43-37-45-35(41-29-7-3-1-4-8-29)47-39(49-37)51-17-21-59-22-18-51)15-13-27(33)11-12-28-14-16-32(26-34(28)62(56,57)58)44-38-46-36(42-30-9-5-2-6-10-30)48-40(50-38)52-19-23-60-24-20-52;;/h1-16,25-26H,17-24H2,(H,53,54,55)(H,56,57,58)(H2,41,43,45,47,49)(H2,42,44,46,48,50);;/b12-11+;;. The number of morpholine rings is 2. The van der Waals surface area contributed by atoms with Gasteiger partial charge in [0, 0.05) is 48.9 Å². The molecule has 0 spiro atoms. The summed E-state index contributed by atoms with van der Waals surface area (Å²) in [6.07, 6.45) is 2.60. The van der Waals surface area contributed by atoms with Gasteiger partial charge in [-0.3, -0.25) is 9.11 Å². The second kappa shape index (κ2) is 20.1. The van der Waals surface area contributed by atoms with Crippen LogP contribution in [0.25, 0.3) is 12.2 Å². The molecule has 6 aromatic rings. The van der Waals surface area contributed by atoms with Gasteiger partial charge in [0.2, 0.25) is 35.7 Å². The molecule has 0 saturated carbocycles. The normalized spacial score (nSPS) is 14.5. The van der Waals surface area contributed by atoms with Crippen LogP contribution in [-0.4, -0.2) is 138 Å². The zero-order valence-electron chi connectivity index (χ0n) is 32.8. The molecule has 322 valence electrons. The number of nitrogens with zero attached hydrogens (tertiary/aromatic N) is 8. The van der Waals surface area contributed by atoms with Crippen LogP contribution in [0.2, 0.25) is 0 Å². The summed E-state index contributed by atoms with van der Waals surface area (Å²) in [5, 5.41) is 12.3. The maximum atomic E-state index is 12.7. The molecular weight excluding hydrogens is 864 g/mol. The molecule has 2 aliphatic heterocycles. The van der Waals surface area contributed by atoms with Crippen molar-refractivity contribution in [3.05, 3.63) is 108 Å². The van der Waals surface area contributed by atoms with Gasteiger partial charge in [-0.25, -0.2) is 0 Å². The first-order valence-electron chi connectivity index (χ1n) is 19.2. The van der Waals surface area contributed by atoms with Crippen LogP contribution < -0.4 is 31.1 Å². The first kappa shape index (κ1) is 45.2. The Balaban J connectivity index is 0.00000595. The predicted molar refractivity (Wildman–Crippen MR) is 240 cm³/mol. The van der Waals surface area contributed by atoms with Crippen LogP contribution in [0.1, 0.15) is 11.1 Å². The third kappa shape index (κ3) is 12.0. The molecule has 2 aliphatic rings. The fourth-order valence-electron chi connectivity index (χ4n) is 6.45. The van der Waals surface area contributed by atoms with Gasteiger partial charge in [-0.15, -0.1) is 0 Å². The van der Waals surface area contributed by atoms with E-state index in [2.05, 4.69) is 51.2 Å². The van der Waals surface area contributed by atoms with E-state index in [1.807, 2.05) is 70.5 Å². The van der Waals surface area contributed by atoms with E-state index < -0.39 is 30.0 Å². The van der Waals surface area contributed by atoms with Crippen LogP contribution in [0.4, 0.5) is 58.4 Å². The van der Waals surface area contributed by atoms with Gasteiger partial charge in [-0.05, 0) is 59.7 Å². The van der Waals surface area contributed by atoms with E-state index >= 15 is 0 Å². The summed E-state index contributed by atoms with van der Waals surface area (Å²) < 4.78 is 82.5. The Morgan fingerprint density at radius 3 is 1.14 bits per heavy atom. The van der Waals surface area contributed by atoms with Gasteiger partial charge in [0.25, 0.3) is 20.2 Å². The van der Waals surface area contributed by atoms with E-state index in [0.717, 1.165) is 11.4 Å². The van der Waals surface area contributed by atoms with Crippen molar-refractivity contribution in [1.29, 1.82) is 0 Å². The summed E-state index contributed by atoms with van der Waals surface area (Å²) in [6.45, 7) is 4.13. The van der Waals surface area contributed by atoms with Crippen molar-refractivity contribution in [2.45, 2.75) is 9.79 Å². The molecule has 2 fully saturated rings. The van der Waals surface area contributed by atoms with E-state index in [-0.39, 0.29) is 75.9 Å². The average Bonchev–Trinajstić information content (AvgIpc) is 3.27. The molecule has 0 aliphatic carbocycles. The number of para-hydroxylation sites is 2. The molecule has 2 aromatic heterocycles. The molecular formula is C40H41N12NaO8S2. The summed E-state index contributed by atoms with van der Waals surface area (Å²) >= 11 is 0. The molecule has 23 heteroatoms. The van der Waals surface area contributed by atoms with Gasteiger partial charge in [-0.1, -0.05) is 60.7 Å². The number of hydrogen-bond donors (Lipinski definition) is 6. The fraction of sp³-hybridized carbons (Fsp3) is 0.200. The van der Waals surface area contributed by atoms with Gasteiger partial charge < -0.3 is 40.5 Å². The minimum atomic E-state index is -4.83. The van der Waals surface area contributed by atoms with E-state index in [9.17, 15) is 25.9 Å². The molecule has 8 rings (SSSR count). The Bertz CT molecular complexity index is 2610. The summed E-state index contributed by atoms with van der Waals surface area (Å²) in [4.78, 5) is 30.1. The minimum absolute atomic E-state index is 0. The number of anilines is 10. The molecule has 2 saturated heterocycles. The summed E-state index contributed by atoms with van der Waals surface area (Å²) in [6, 6.07) is 26.8. The summed E-state index contributed by atoms with van der Waals surface area (Å²) in [5.41, 5.74) is 1.92. The quantitative estimate of drug-likeness (QED) is 0.0491. The van der Waals surface area contributed by atoms with Crippen LogP contribution in [0.3, 0.4) is 0 Å². The van der Waals surface area contributed by atoms with Gasteiger partial charge >= 0.3 is 29.6 Å². The molecule has 0 bridgehead atoms. The second-order valence-electron chi connectivity index (χ2n) is 13.8. The van der Waals surface area contributed by atoms with Crippen molar-refractivity contribution in [3.63, 3.8) is 0 Å². The molecule has 0 atom stereocenters. The second-order valence-corrected chi connectivity index (χ2v) is 16.6. The van der Waals surface area contributed by atoms with Crippen molar-refractivity contribution in [2.75, 3.05) is 83.7 Å². The van der Waals surface area contributed by atoms with E-state index in [1.54, 1.807) is 0 Å². The Hall–Kier alpha value is -5.82. The Kier molecular flexibility index (Phi) is 14.4. The molecule has 0 amide bonds. The van der Waals surface area contributed by atoms with Gasteiger partial charge in [0.15, 0.2) is 0 Å². The SMILES string of the molecule is O=S(=O)(O)c1cc(Nc2nc(Nc3ccccc3)nc(N3CCOCC3)n2)ccc1/C=C/c1ccc(Nc2nc(Nc3ccccc3)nc(N3CCOCC3)n2)cc1S(=O)(=O)O.[NaH]. The zero-order chi connectivity index (χ0) is 43.1. The van der Waals surface area contributed by atoms with Crippen LogP contribution >= 0.6 is 0 Å². The van der Waals surface area contributed by atoms with Gasteiger partial charge in [0.05, 0.1) is 26.4 Å². The van der Waals surface area contributed by atoms with Crippen molar-refractivity contribution in [2.24, 2.45) is 0 Å². The van der Waals surface area contributed by atoms with Crippen LogP contribution in [0.15, 0.2) is 107 Å². The Morgan fingerprint density at radius 1 is 0.476 bits per heavy atom. The Morgan fingerprint density at radius 2 is 0.810 bits per heavy atom. The first-order chi connectivity index (χ1) is 29.9. The number of rotatable bonds is 14. The van der Waals surface area contributed by atoms with Gasteiger partial charge in [-0.2, -0.15) is 46.7 Å². The van der Waals surface area contributed by atoms with E-state index in [0.29, 0.717) is 64.5 Å². The fourth-order valence-corrected chi connectivity index (χ4v) is 7.87. The van der Waals surface area contributed by atoms with Crippen molar-refractivity contribution >= 4 is 120 Å². The van der Waals surface area contributed by atoms with Crippen LogP contribution in [0.5, 0.6) is 0 Å².